The molecule has 0 saturated heterocycles. The first-order valence-corrected chi connectivity index (χ1v) is 11.2. The van der Waals surface area contributed by atoms with Gasteiger partial charge in [0.25, 0.3) is 0 Å². The maximum Gasteiger partial charge on any atom is 0.246 e. The van der Waals surface area contributed by atoms with Crippen LogP contribution in [0.5, 0.6) is 0 Å². The van der Waals surface area contributed by atoms with E-state index in [-0.39, 0.29) is 23.7 Å². The molecule has 1 aliphatic rings. The van der Waals surface area contributed by atoms with E-state index in [9.17, 15) is 9.59 Å². The van der Waals surface area contributed by atoms with Crippen LogP contribution in [0.4, 0.5) is 5.13 Å². The van der Waals surface area contributed by atoms with E-state index in [1.165, 1.54) is 11.3 Å². The molecule has 29 heavy (non-hydrogen) atoms. The smallest absolute Gasteiger partial charge is 0.246 e. The summed E-state index contributed by atoms with van der Waals surface area (Å²) in [4.78, 5) is 34.8. The molecule has 0 atom stereocenters. The fourth-order valence-corrected chi connectivity index (χ4v) is 5.42. The largest absolute Gasteiger partial charge is 0.339 e. The van der Waals surface area contributed by atoms with Crippen LogP contribution in [0.3, 0.4) is 0 Å². The summed E-state index contributed by atoms with van der Waals surface area (Å²) >= 11 is 2.90. The summed E-state index contributed by atoms with van der Waals surface area (Å²) in [5.74, 6) is -0.0276. The molecule has 0 aromatic carbocycles. The number of hydrogen-bond donors (Lipinski definition) is 1. The van der Waals surface area contributed by atoms with Crippen molar-refractivity contribution in [1.82, 2.24) is 14.5 Å². The van der Waals surface area contributed by atoms with Crippen LogP contribution >= 0.6 is 22.7 Å². The Morgan fingerprint density at radius 2 is 2.00 bits per heavy atom. The maximum atomic E-state index is 12.7. The molecule has 1 amide bonds. The summed E-state index contributed by atoms with van der Waals surface area (Å²) in [7, 11) is 0. The maximum absolute atomic E-state index is 12.7. The molecule has 0 fully saturated rings. The van der Waals surface area contributed by atoms with E-state index in [0.717, 1.165) is 39.8 Å². The number of ketones is 1. The van der Waals surface area contributed by atoms with Crippen LogP contribution in [0, 0.1) is 26.2 Å². The third-order valence-corrected chi connectivity index (χ3v) is 7.08. The van der Waals surface area contributed by atoms with Crippen molar-refractivity contribution in [2.24, 2.45) is 5.41 Å². The molecule has 4 rings (SSSR count). The number of carbonyl (C=O) groups excluding carboxylic acids is 2. The molecule has 8 heteroatoms. The number of aromatic nitrogens is 3. The van der Waals surface area contributed by atoms with Crippen LogP contribution in [0.15, 0.2) is 11.4 Å². The van der Waals surface area contributed by atoms with Crippen molar-refractivity contribution >= 4 is 39.5 Å². The van der Waals surface area contributed by atoms with Gasteiger partial charge in [-0.15, -0.1) is 11.3 Å². The van der Waals surface area contributed by atoms with Crippen molar-refractivity contribution in [2.75, 3.05) is 5.32 Å². The van der Waals surface area contributed by atoms with Crippen molar-refractivity contribution in [2.45, 2.75) is 54.0 Å². The van der Waals surface area contributed by atoms with Crippen molar-refractivity contribution < 1.29 is 9.59 Å². The minimum Gasteiger partial charge on any atom is -0.339 e. The van der Waals surface area contributed by atoms with Gasteiger partial charge in [-0.05, 0) is 38.7 Å². The Hall–Kier alpha value is -2.32. The minimum absolute atomic E-state index is 0.0801. The summed E-state index contributed by atoms with van der Waals surface area (Å²) in [5.41, 5.74) is 4.75. The van der Waals surface area contributed by atoms with Crippen molar-refractivity contribution in [3.05, 3.63) is 38.4 Å². The Labute approximate surface area is 178 Å². The Balaban J connectivity index is 1.52. The minimum atomic E-state index is -0.148. The van der Waals surface area contributed by atoms with Gasteiger partial charge in [0.1, 0.15) is 6.54 Å². The lowest BCUT2D eigenvalue weighted by molar-refractivity contribution is -0.116. The molecule has 3 aromatic heterocycles. The van der Waals surface area contributed by atoms with Crippen molar-refractivity contribution in [3.8, 4) is 11.3 Å². The summed E-state index contributed by atoms with van der Waals surface area (Å²) in [6, 6.07) is 2.07. The van der Waals surface area contributed by atoms with Crippen LogP contribution in [0.1, 0.15) is 52.0 Å². The fourth-order valence-electron chi connectivity index (χ4n) is 3.87. The van der Waals surface area contributed by atoms with E-state index in [0.29, 0.717) is 16.4 Å². The number of nitrogens with zero attached hydrogens (tertiary/aromatic N) is 3. The molecule has 3 heterocycles. The number of anilines is 1. The Morgan fingerprint density at radius 3 is 2.69 bits per heavy atom. The monoisotopic (exact) mass is 428 g/mol. The number of Topliss-reactive ketones (excluding diaryl/α,β-unsaturated/α-hetero) is 1. The second-order valence-electron chi connectivity index (χ2n) is 8.41. The lowest BCUT2D eigenvalue weighted by Gasteiger charge is -2.26. The van der Waals surface area contributed by atoms with Gasteiger partial charge < -0.3 is 9.88 Å². The molecular formula is C21H24N4O2S2. The van der Waals surface area contributed by atoms with Gasteiger partial charge in [-0.3, -0.25) is 9.59 Å². The van der Waals surface area contributed by atoms with Gasteiger partial charge in [-0.1, -0.05) is 25.2 Å². The van der Waals surface area contributed by atoms with Gasteiger partial charge in [0.2, 0.25) is 5.91 Å². The molecule has 0 bridgehead atoms. The van der Waals surface area contributed by atoms with Gasteiger partial charge in [-0.25, -0.2) is 9.97 Å². The zero-order valence-electron chi connectivity index (χ0n) is 17.3. The first-order valence-electron chi connectivity index (χ1n) is 9.55. The van der Waals surface area contributed by atoms with Gasteiger partial charge in [0.15, 0.2) is 10.9 Å². The average molecular weight is 429 g/mol. The van der Waals surface area contributed by atoms with Gasteiger partial charge in [0, 0.05) is 28.8 Å². The van der Waals surface area contributed by atoms with Crippen LogP contribution in [0.2, 0.25) is 0 Å². The molecule has 0 aliphatic heterocycles. The van der Waals surface area contributed by atoms with E-state index >= 15 is 0 Å². The first kappa shape index (κ1) is 20.0. The Bertz CT molecular complexity index is 1120. The van der Waals surface area contributed by atoms with E-state index in [1.807, 2.05) is 30.7 Å². The number of rotatable bonds is 4. The van der Waals surface area contributed by atoms with Crippen molar-refractivity contribution in [3.63, 3.8) is 0 Å². The highest BCUT2D eigenvalue weighted by atomic mass is 32.1. The normalized spacial score (nSPS) is 15.4. The standard InChI is InChI=1S/C21H24N4O2S2/c1-11-6-14(16-10-28-13(3)22-16)12(2)25(11)9-18(27)24-20-23-15-7-21(4,5)8-17(26)19(15)29-20/h6,10H,7-9H2,1-5H3,(H,23,24,27). The SMILES string of the molecule is Cc1nc(-c2cc(C)n(CC(=O)Nc3nc4c(s3)C(=O)CC(C)(C)C4)c2C)cs1. The predicted octanol–water partition coefficient (Wildman–Crippen LogP) is 4.79. The van der Waals surface area contributed by atoms with Crippen LogP contribution in [0.25, 0.3) is 11.3 Å². The quantitative estimate of drug-likeness (QED) is 0.648. The van der Waals surface area contributed by atoms with E-state index in [2.05, 4.69) is 35.2 Å². The Kier molecular flexibility index (Phi) is 4.94. The molecule has 0 saturated carbocycles. The van der Waals surface area contributed by atoms with Crippen LogP contribution < -0.4 is 5.32 Å². The van der Waals surface area contributed by atoms with E-state index in [4.69, 9.17) is 0 Å². The number of hydrogen-bond acceptors (Lipinski definition) is 6. The molecule has 0 unspecified atom stereocenters. The fraction of sp³-hybridized carbons (Fsp3) is 0.429. The highest BCUT2D eigenvalue weighted by Crippen LogP contribution is 2.38. The second-order valence-corrected chi connectivity index (χ2v) is 10.5. The third-order valence-electron chi connectivity index (χ3n) is 5.25. The second kappa shape index (κ2) is 7.18. The van der Waals surface area contributed by atoms with Gasteiger partial charge in [0.05, 0.1) is 21.3 Å². The van der Waals surface area contributed by atoms with Crippen molar-refractivity contribution in [1.29, 1.82) is 0 Å². The molecule has 3 aromatic rings. The molecule has 1 N–H and O–H groups in total. The van der Waals surface area contributed by atoms with E-state index in [1.54, 1.807) is 11.3 Å². The number of nitrogens with one attached hydrogen (secondary N) is 1. The first-order chi connectivity index (χ1) is 13.6. The van der Waals surface area contributed by atoms with Crippen LogP contribution in [-0.2, 0) is 17.8 Å². The number of thiazole rings is 2. The van der Waals surface area contributed by atoms with E-state index < -0.39 is 0 Å². The number of aryl methyl sites for hydroxylation is 2. The number of amides is 1. The summed E-state index contributed by atoms with van der Waals surface area (Å²) < 4.78 is 1.99. The molecule has 6 nitrogen and oxygen atoms in total. The van der Waals surface area contributed by atoms with Gasteiger partial charge >= 0.3 is 0 Å². The zero-order chi connectivity index (χ0) is 20.9. The summed E-state index contributed by atoms with van der Waals surface area (Å²) in [6.07, 6.45) is 1.28. The average Bonchev–Trinajstić information content (AvgIpc) is 3.27. The number of carbonyl (C=O) groups is 2. The molecule has 0 radical (unpaired) electrons. The third kappa shape index (κ3) is 3.91. The lowest BCUT2D eigenvalue weighted by Crippen LogP contribution is -2.26. The predicted molar refractivity (Wildman–Crippen MR) is 117 cm³/mol. The highest BCUT2D eigenvalue weighted by molar-refractivity contribution is 7.17. The Morgan fingerprint density at radius 1 is 1.24 bits per heavy atom. The summed E-state index contributed by atoms with van der Waals surface area (Å²) in [5, 5.41) is 6.45. The van der Waals surface area contributed by atoms with Gasteiger partial charge in [-0.2, -0.15) is 0 Å². The van der Waals surface area contributed by atoms with Crippen LogP contribution in [-0.4, -0.2) is 26.2 Å². The zero-order valence-corrected chi connectivity index (χ0v) is 18.9. The highest BCUT2D eigenvalue weighted by Gasteiger charge is 2.34. The number of fused-ring (bicyclic) bond motifs is 1. The molecular weight excluding hydrogens is 404 g/mol. The summed E-state index contributed by atoms with van der Waals surface area (Å²) in [6.45, 7) is 10.3. The molecule has 1 aliphatic carbocycles. The molecule has 0 spiro atoms. The topological polar surface area (TPSA) is 76.9 Å². The lowest BCUT2D eigenvalue weighted by atomic mass is 9.78. The molecule has 152 valence electrons.